The van der Waals surface area contributed by atoms with Gasteiger partial charge in [0.05, 0.1) is 12.6 Å². The molecule has 2 N–H and O–H groups in total. The normalized spacial score (nSPS) is 9.95. The van der Waals surface area contributed by atoms with Crippen LogP contribution in [0, 0.1) is 18.3 Å². The maximum Gasteiger partial charge on any atom is 0.132 e. The van der Waals surface area contributed by atoms with Gasteiger partial charge >= 0.3 is 0 Å². The standard InChI is InChI=1S/C12H12BrN5S/c1-8-17-11(15-3-2-14)5-12(18-8)16-6-10-4-9(13)7-19-10/h4-5,7H,3,6H2,1H3,(H2,15,16,17,18). The van der Waals surface area contributed by atoms with Gasteiger partial charge in [-0.25, -0.2) is 9.97 Å². The molecule has 98 valence electrons. The fraction of sp³-hybridized carbons (Fsp3) is 0.250. The summed E-state index contributed by atoms with van der Waals surface area (Å²) in [6, 6.07) is 5.89. The van der Waals surface area contributed by atoms with Crippen molar-refractivity contribution in [1.29, 1.82) is 5.26 Å². The molecular formula is C12H12BrN5S. The SMILES string of the molecule is Cc1nc(NCC#N)cc(NCc2cc(Br)cs2)n1. The Morgan fingerprint density at radius 1 is 1.32 bits per heavy atom. The Morgan fingerprint density at radius 2 is 2.05 bits per heavy atom. The predicted octanol–water partition coefficient (Wildman–Crippen LogP) is 3.16. The molecule has 19 heavy (non-hydrogen) atoms. The summed E-state index contributed by atoms with van der Waals surface area (Å²) in [5.41, 5.74) is 0. The highest BCUT2D eigenvalue weighted by Gasteiger charge is 2.02. The number of thiophene rings is 1. The minimum Gasteiger partial charge on any atom is -0.365 e. The van der Waals surface area contributed by atoms with Crippen LogP contribution in [0.5, 0.6) is 0 Å². The molecule has 2 rings (SSSR count). The summed E-state index contributed by atoms with van der Waals surface area (Å²) in [4.78, 5) is 9.74. The van der Waals surface area contributed by atoms with Crippen molar-refractivity contribution < 1.29 is 0 Å². The molecular weight excluding hydrogens is 326 g/mol. The van der Waals surface area contributed by atoms with Crippen LogP contribution in [-0.2, 0) is 6.54 Å². The maximum absolute atomic E-state index is 8.55. The van der Waals surface area contributed by atoms with Crippen LogP contribution in [-0.4, -0.2) is 16.5 Å². The molecule has 0 radical (unpaired) electrons. The number of nitrogens with zero attached hydrogens (tertiary/aromatic N) is 3. The van der Waals surface area contributed by atoms with E-state index in [9.17, 15) is 0 Å². The van der Waals surface area contributed by atoms with Gasteiger partial charge in [-0.05, 0) is 28.9 Å². The van der Waals surface area contributed by atoms with E-state index in [0.29, 0.717) is 18.2 Å². The first-order valence-corrected chi connectivity index (χ1v) is 7.28. The largest absolute Gasteiger partial charge is 0.365 e. The van der Waals surface area contributed by atoms with Crippen molar-refractivity contribution in [2.24, 2.45) is 0 Å². The van der Waals surface area contributed by atoms with E-state index in [4.69, 9.17) is 5.26 Å². The summed E-state index contributed by atoms with van der Waals surface area (Å²) < 4.78 is 1.09. The lowest BCUT2D eigenvalue weighted by molar-refractivity contribution is 1.02. The fourth-order valence-corrected chi connectivity index (χ4v) is 2.89. The molecule has 5 nitrogen and oxygen atoms in total. The van der Waals surface area contributed by atoms with Crippen molar-refractivity contribution in [2.75, 3.05) is 17.2 Å². The van der Waals surface area contributed by atoms with E-state index in [1.807, 2.05) is 18.4 Å². The zero-order valence-corrected chi connectivity index (χ0v) is 12.7. The highest BCUT2D eigenvalue weighted by atomic mass is 79.9. The minimum atomic E-state index is 0.230. The van der Waals surface area contributed by atoms with E-state index < -0.39 is 0 Å². The summed E-state index contributed by atoms with van der Waals surface area (Å²) in [7, 11) is 0. The van der Waals surface area contributed by atoms with Gasteiger partial charge in [0.25, 0.3) is 0 Å². The monoisotopic (exact) mass is 337 g/mol. The minimum absolute atomic E-state index is 0.230. The van der Waals surface area contributed by atoms with Crippen LogP contribution in [0.2, 0.25) is 0 Å². The van der Waals surface area contributed by atoms with Crippen molar-refractivity contribution in [3.05, 3.63) is 32.7 Å². The van der Waals surface area contributed by atoms with Gasteiger partial charge < -0.3 is 10.6 Å². The van der Waals surface area contributed by atoms with Crippen LogP contribution in [0.3, 0.4) is 0 Å². The number of aryl methyl sites for hydroxylation is 1. The molecule has 0 aromatic carbocycles. The molecule has 2 aromatic rings. The number of aromatic nitrogens is 2. The predicted molar refractivity (Wildman–Crippen MR) is 80.2 cm³/mol. The number of halogens is 1. The van der Waals surface area contributed by atoms with Crippen LogP contribution in [0.4, 0.5) is 11.6 Å². The van der Waals surface area contributed by atoms with E-state index in [1.165, 1.54) is 4.88 Å². The van der Waals surface area contributed by atoms with Crippen molar-refractivity contribution >= 4 is 38.9 Å². The molecule has 0 saturated heterocycles. The second-order valence-corrected chi connectivity index (χ2v) is 5.69. The van der Waals surface area contributed by atoms with Crippen molar-refractivity contribution in [1.82, 2.24) is 9.97 Å². The third-order valence-corrected chi connectivity index (χ3v) is 3.95. The molecule has 0 aliphatic carbocycles. The second-order valence-electron chi connectivity index (χ2n) is 3.78. The summed E-state index contributed by atoms with van der Waals surface area (Å²) in [5.74, 6) is 2.07. The van der Waals surface area contributed by atoms with Gasteiger partial charge in [-0.1, -0.05) is 0 Å². The quantitative estimate of drug-likeness (QED) is 0.820. The maximum atomic E-state index is 8.55. The zero-order valence-electron chi connectivity index (χ0n) is 10.3. The van der Waals surface area contributed by atoms with Crippen molar-refractivity contribution in [3.63, 3.8) is 0 Å². The van der Waals surface area contributed by atoms with E-state index in [-0.39, 0.29) is 6.54 Å². The van der Waals surface area contributed by atoms with Gasteiger partial charge in [0.15, 0.2) is 0 Å². The number of hydrogen-bond donors (Lipinski definition) is 2. The molecule has 0 bridgehead atoms. The Balaban J connectivity index is 2.03. The van der Waals surface area contributed by atoms with Crippen LogP contribution >= 0.6 is 27.3 Å². The Hall–Kier alpha value is -1.65. The average Bonchev–Trinajstić information content (AvgIpc) is 2.79. The lowest BCUT2D eigenvalue weighted by atomic mass is 10.4. The molecule has 2 heterocycles. The Bertz CT molecular complexity index is 604. The van der Waals surface area contributed by atoms with Crippen LogP contribution < -0.4 is 10.6 Å². The summed E-state index contributed by atoms with van der Waals surface area (Å²) in [6.45, 7) is 2.77. The van der Waals surface area contributed by atoms with Gasteiger partial charge in [0.1, 0.15) is 24.0 Å². The first-order chi connectivity index (χ1) is 9.17. The Morgan fingerprint density at radius 3 is 2.68 bits per heavy atom. The molecule has 0 unspecified atom stereocenters. The molecule has 7 heteroatoms. The van der Waals surface area contributed by atoms with Crippen LogP contribution in [0.1, 0.15) is 10.7 Å². The molecule has 2 aromatic heterocycles. The molecule has 0 fully saturated rings. The first-order valence-electron chi connectivity index (χ1n) is 5.60. The van der Waals surface area contributed by atoms with E-state index in [2.05, 4.69) is 42.6 Å². The molecule has 0 amide bonds. The van der Waals surface area contributed by atoms with Crippen LogP contribution in [0.25, 0.3) is 0 Å². The van der Waals surface area contributed by atoms with Crippen molar-refractivity contribution in [3.8, 4) is 6.07 Å². The van der Waals surface area contributed by atoms with Gasteiger partial charge in [-0.2, -0.15) is 5.26 Å². The van der Waals surface area contributed by atoms with Gasteiger partial charge in [0.2, 0.25) is 0 Å². The van der Waals surface area contributed by atoms with Crippen molar-refractivity contribution in [2.45, 2.75) is 13.5 Å². The second kappa shape index (κ2) is 6.50. The Kier molecular flexibility index (Phi) is 4.71. The van der Waals surface area contributed by atoms with Gasteiger partial charge in [0, 0.05) is 20.8 Å². The fourth-order valence-electron chi connectivity index (χ4n) is 1.50. The molecule has 0 aliphatic heterocycles. The highest BCUT2D eigenvalue weighted by molar-refractivity contribution is 9.10. The Labute approximate surface area is 123 Å². The molecule has 0 saturated carbocycles. The molecule has 0 atom stereocenters. The topological polar surface area (TPSA) is 73.6 Å². The molecule has 0 aliphatic rings. The summed E-state index contributed by atoms with van der Waals surface area (Å²) in [5, 5.41) is 16.8. The third-order valence-electron chi connectivity index (χ3n) is 2.25. The smallest absolute Gasteiger partial charge is 0.132 e. The highest BCUT2D eigenvalue weighted by Crippen LogP contribution is 2.21. The summed E-state index contributed by atoms with van der Waals surface area (Å²) >= 11 is 5.11. The first kappa shape index (κ1) is 13.8. The van der Waals surface area contributed by atoms with E-state index >= 15 is 0 Å². The van der Waals surface area contributed by atoms with E-state index in [0.717, 1.165) is 10.3 Å². The average molecular weight is 338 g/mol. The van der Waals surface area contributed by atoms with Crippen LogP contribution in [0.15, 0.2) is 22.0 Å². The number of hydrogen-bond acceptors (Lipinski definition) is 6. The van der Waals surface area contributed by atoms with Gasteiger partial charge in [-0.15, -0.1) is 11.3 Å². The number of rotatable bonds is 5. The lowest BCUT2D eigenvalue weighted by Crippen LogP contribution is -2.06. The zero-order chi connectivity index (χ0) is 13.7. The number of nitrogens with one attached hydrogen (secondary N) is 2. The number of nitriles is 1. The third kappa shape index (κ3) is 4.19. The van der Waals surface area contributed by atoms with Gasteiger partial charge in [-0.3, -0.25) is 0 Å². The number of anilines is 2. The van der Waals surface area contributed by atoms with E-state index in [1.54, 1.807) is 17.4 Å². The lowest BCUT2D eigenvalue weighted by Gasteiger charge is -2.07. The molecule has 0 spiro atoms. The summed E-state index contributed by atoms with van der Waals surface area (Å²) in [6.07, 6.45) is 0.